The standard InChI is InChI=1S/C19H23N3O5/c1-21(2)14-8-5-13(6-9-14)7-10-15(23)16-17(24)20-19(26)22(18(16)25)11-4-12-27-3/h5-10,25H,4,11-12H2,1-3H3,(H,20,24,26). The van der Waals surface area contributed by atoms with Crippen molar-refractivity contribution in [2.75, 3.05) is 32.7 Å². The number of rotatable bonds is 8. The van der Waals surface area contributed by atoms with Crippen LogP contribution in [-0.4, -0.2) is 48.3 Å². The van der Waals surface area contributed by atoms with Gasteiger partial charge in [0.25, 0.3) is 5.56 Å². The van der Waals surface area contributed by atoms with E-state index in [-0.39, 0.29) is 6.54 Å². The second kappa shape index (κ2) is 9.00. The van der Waals surface area contributed by atoms with Crippen molar-refractivity contribution in [2.45, 2.75) is 13.0 Å². The monoisotopic (exact) mass is 373 g/mol. The molecule has 0 radical (unpaired) electrons. The van der Waals surface area contributed by atoms with Crippen LogP contribution in [0.15, 0.2) is 39.9 Å². The predicted octanol–water partition coefficient (Wildman–Crippen LogP) is 1.24. The van der Waals surface area contributed by atoms with Crippen LogP contribution in [0.5, 0.6) is 5.88 Å². The first-order valence-electron chi connectivity index (χ1n) is 8.40. The fourth-order valence-electron chi connectivity index (χ4n) is 2.50. The van der Waals surface area contributed by atoms with Gasteiger partial charge in [-0.1, -0.05) is 18.2 Å². The molecule has 144 valence electrons. The third kappa shape index (κ3) is 4.95. The largest absolute Gasteiger partial charge is 0.494 e. The summed E-state index contributed by atoms with van der Waals surface area (Å²) in [4.78, 5) is 40.3. The van der Waals surface area contributed by atoms with Crippen LogP contribution in [0.1, 0.15) is 22.3 Å². The minimum Gasteiger partial charge on any atom is -0.494 e. The van der Waals surface area contributed by atoms with E-state index in [0.29, 0.717) is 13.0 Å². The molecule has 0 unspecified atom stereocenters. The highest BCUT2D eigenvalue weighted by Gasteiger charge is 2.19. The van der Waals surface area contributed by atoms with Crippen LogP contribution in [0.4, 0.5) is 5.69 Å². The van der Waals surface area contributed by atoms with E-state index < -0.39 is 28.5 Å². The highest BCUT2D eigenvalue weighted by atomic mass is 16.5. The number of allylic oxidation sites excluding steroid dienone is 1. The molecule has 0 aliphatic rings. The molecule has 0 aliphatic carbocycles. The number of anilines is 1. The topological polar surface area (TPSA) is 105 Å². The summed E-state index contributed by atoms with van der Waals surface area (Å²) in [5, 5.41) is 10.3. The smallest absolute Gasteiger partial charge is 0.331 e. The van der Waals surface area contributed by atoms with Crippen molar-refractivity contribution < 1.29 is 14.6 Å². The minimum atomic E-state index is -0.918. The van der Waals surface area contributed by atoms with Gasteiger partial charge in [-0.2, -0.15) is 0 Å². The summed E-state index contributed by atoms with van der Waals surface area (Å²) in [5.41, 5.74) is -0.381. The van der Waals surface area contributed by atoms with Gasteiger partial charge < -0.3 is 14.7 Å². The van der Waals surface area contributed by atoms with Gasteiger partial charge in [0.1, 0.15) is 5.56 Å². The maximum absolute atomic E-state index is 12.4. The van der Waals surface area contributed by atoms with Crippen molar-refractivity contribution in [3.8, 4) is 5.88 Å². The van der Waals surface area contributed by atoms with Gasteiger partial charge in [0.15, 0.2) is 5.78 Å². The summed E-state index contributed by atoms with van der Waals surface area (Å²) < 4.78 is 5.86. The van der Waals surface area contributed by atoms with Gasteiger partial charge >= 0.3 is 5.69 Å². The first-order chi connectivity index (χ1) is 12.8. The Morgan fingerprint density at radius 3 is 2.52 bits per heavy atom. The Hall–Kier alpha value is -3.13. The quantitative estimate of drug-likeness (QED) is 0.410. The van der Waals surface area contributed by atoms with Crippen LogP contribution in [-0.2, 0) is 11.3 Å². The Balaban J connectivity index is 2.28. The zero-order valence-corrected chi connectivity index (χ0v) is 15.6. The van der Waals surface area contributed by atoms with E-state index in [9.17, 15) is 19.5 Å². The van der Waals surface area contributed by atoms with Crippen molar-refractivity contribution in [2.24, 2.45) is 0 Å². The molecule has 0 atom stereocenters. The van der Waals surface area contributed by atoms with Crippen molar-refractivity contribution in [1.82, 2.24) is 9.55 Å². The number of aromatic hydroxyl groups is 1. The molecule has 0 amide bonds. The first kappa shape index (κ1) is 20.2. The molecular weight excluding hydrogens is 350 g/mol. The fourth-order valence-corrected chi connectivity index (χ4v) is 2.50. The van der Waals surface area contributed by atoms with Crippen LogP contribution >= 0.6 is 0 Å². The van der Waals surface area contributed by atoms with Crippen molar-refractivity contribution in [3.63, 3.8) is 0 Å². The molecular formula is C19H23N3O5. The van der Waals surface area contributed by atoms with Crippen LogP contribution < -0.4 is 16.1 Å². The van der Waals surface area contributed by atoms with Gasteiger partial charge in [0.05, 0.1) is 0 Å². The van der Waals surface area contributed by atoms with E-state index in [1.165, 1.54) is 13.2 Å². The maximum Gasteiger partial charge on any atom is 0.331 e. The Labute approximate surface area is 156 Å². The third-order valence-corrected chi connectivity index (χ3v) is 3.99. The van der Waals surface area contributed by atoms with Crippen molar-refractivity contribution in [3.05, 3.63) is 62.3 Å². The van der Waals surface area contributed by atoms with E-state index in [2.05, 4.69) is 4.98 Å². The lowest BCUT2D eigenvalue weighted by molar-refractivity contribution is 0.104. The molecule has 0 aliphatic heterocycles. The summed E-state index contributed by atoms with van der Waals surface area (Å²) in [7, 11) is 5.36. The molecule has 27 heavy (non-hydrogen) atoms. The molecule has 8 nitrogen and oxygen atoms in total. The highest BCUT2D eigenvalue weighted by molar-refractivity contribution is 6.08. The average molecular weight is 373 g/mol. The van der Waals surface area contributed by atoms with Crippen molar-refractivity contribution in [1.29, 1.82) is 0 Å². The maximum atomic E-state index is 12.4. The van der Waals surface area contributed by atoms with Gasteiger partial charge in [0.2, 0.25) is 5.88 Å². The Kier molecular flexibility index (Phi) is 6.73. The number of aromatic amines is 1. The number of nitrogens with zero attached hydrogens (tertiary/aromatic N) is 2. The number of benzene rings is 1. The molecule has 0 saturated carbocycles. The number of ether oxygens (including phenoxy) is 1. The third-order valence-electron chi connectivity index (χ3n) is 3.99. The van der Waals surface area contributed by atoms with Crippen LogP contribution in [0, 0.1) is 0 Å². The number of ketones is 1. The lowest BCUT2D eigenvalue weighted by Crippen LogP contribution is -2.33. The molecule has 0 bridgehead atoms. The number of aromatic nitrogens is 2. The molecule has 2 rings (SSSR count). The number of nitrogens with one attached hydrogen (secondary N) is 1. The van der Waals surface area contributed by atoms with E-state index >= 15 is 0 Å². The van der Waals surface area contributed by atoms with Gasteiger partial charge in [-0.05, 0) is 30.2 Å². The number of H-pyrrole nitrogens is 1. The lowest BCUT2D eigenvalue weighted by atomic mass is 10.1. The molecule has 1 heterocycles. The van der Waals surface area contributed by atoms with E-state index in [0.717, 1.165) is 15.8 Å². The number of carbonyl (C=O) groups is 1. The molecule has 2 aromatic rings. The Morgan fingerprint density at radius 2 is 1.93 bits per heavy atom. The zero-order valence-electron chi connectivity index (χ0n) is 15.6. The van der Waals surface area contributed by atoms with Crippen LogP contribution in [0.25, 0.3) is 6.08 Å². The molecule has 1 aromatic heterocycles. The second-order valence-corrected chi connectivity index (χ2v) is 6.14. The number of carbonyl (C=O) groups excluding carboxylic acids is 1. The summed E-state index contributed by atoms with van der Waals surface area (Å²) in [6.07, 6.45) is 3.18. The van der Waals surface area contributed by atoms with Crippen LogP contribution in [0.2, 0.25) is 0 Å². The second-order valence-electron chi connectivity index (χ2n) is 6.14. The Morgan fingerprint density at radius 1 is 1.26 bits per heavy atom. The fraction of sp³-hybridized carbons (Fsp3) is 0.316. The molecule has 2 N–H and O–H groups in total. The molecule has 0 fully saturated rings. The molecule has 0 saturated heterocycles. The summed E-state index contributed by atoms with van der Waals surface area (Å²) in [6.45, 7) is 0.489. The van der Waals surface area contributed by atoms with Crippen LogP contribution in [0.3, 0.4) is 0 Å². The summed E-state index contributed by atoms with van der Waals surface area (Å²) in [6, 6.07) is 7.44. The van der Waals surface area contributed by atoms with Gasteiger partial charge in [-0.25, -0.2) is 4.79 Å². The first-order valence-corrected chi connectivity index (χ1v) is 8.40. The van der Waals surface area contributed by atoms with Gasteiger partial charge in [0, 0.05) is 40.0 Å². The summed E-state index contributed by atoms with van der Waals surface area (Å²) in [5.74, 6) is -1.33. The summed E-state index contributed by atoms with van der Waals surface area (Å²) >= 11 is 0. The highest BCUT2D eigenvalue weighted by Crippen LogP contribution is 2.15. The molecule has 0 spiro atoms. The average Bonchev–Trinajstić information content (AvgIpc) is 2.62. The number of methoxy groups -OCH3 is 1. The Bertz CT molecular complexity index is 939. The number of hydrogen-bond donors (Lipinski definition) is 2. The van der Waals surface area contributed by atoms with Gasteiger partial charge in [-0.3, -0.25) is 19.1 Å². The SMILES string of the molecule is COCCCn1c(O)c(C(=O)C=Cc2ccc(N(C)C)cc2)c(=O)[nH]c1=O. The van der Waals surface area contributed by atoms with Gasteiger partial charge in [-0.15, -0.1) is 0 Å². The molecule has 1 aromatic carbocycles. The van der Waals surface area contributed by atoms with E-state index in [4.69, 9.17) is 4.74 Å². The normalized spacial score (nSPS) is 11.1. The predicted molar refractivity (Wildman–Crippen MR) is 104 cm³/mol. The molecule has 8 heteroatoms. The van der Waals surface area contributed by atoms with E-state index in [1.54, 1.807) is 6.08 Å². The zero-order chi connectivity index (χ0) is 20.0. The van der Waals surface area contributed by atoms with E-state index in [1.807, 2.05) is 43.3 Å². The number of hydrogen-bond acceptors (Lipinski definition) is 6. The lowest BCUT2D eigenvalue weighted by Gasteiger charge is -2.11. The minimum absolute atomic E-state index is 0.116. The van der Waals surface area contributed by atoms with Crippen molar-refractivity contribution >= 4 is 17.5 Å².